The van der Waals surface area contributed by atoms with Crippen LogP contribution in [0.15, 0.2) is 0 Å². The van der Waals surface area contributed by atoms with Crippen LogP contribution in [0.1, 0.15) is 91.9 Å². The third-order valence-corrected chi connectivity index (χ3v) is 10.9. The summed E-state index contributed by atoms with van der Waals surface area (Å²) >= 11 is 0. The van der Waals surface area contributed by atoms with Crippen molar-refractivity contribution in [3.63, 3.8) is 0 Å². The average Bonchev–Trinajstić information content (AvgIpc) is 3.10. The van der Waals surface area contributed by atoms with Gasteiger partial charge in [-0.1, -0.05) is 59.8 Å². The summed E-state index contributed by atoms with van der Waals surface area (Å²) in [4.78, 5) is 0. The van der Waals surface area contributed by atoms with E-state index in [4.69, 9.17) is 8.85 Å². The van der Waals surface area contributed by atoms with Crippen molar-refractivity contribution in [3.8, 4) is 0 Å². The van der Waals surface area contributed by atoms with E-state index in [1.54, 1.807) is 0 Å². The van der Waals surface area contributed by atoms with E-state index in [0.717, 1.165) is 36.6 Å². The average molecular weight is 341 g/mol. The molecule has 2 fully saturated rings. The normalized spacial score (nSPS) is 30.3. The molecule has 2 saturated carbocycles. The Balaban J connectivity index is 2.19. The predicted octanol–water partition coefficient (Wildman–Crippen LogP) is 6.44. The largest absolute Gasteiger partial charge is 0.394 e. The molecule has 0 N–H and O–H groups in total. The third kappa shape index (κ3) is 5.06. The molecule has 136 valence electrons. The van der Waals surface area contributed by atoms with Gasteiger partial charge in [0.1, 0.15) is 0 Å². The Labute approximate surface area is 146 Å². The Hall–Kier alpha value is 0.137. The smallest absolute Gasteiger partial charge is 0.344 e. The fraction of sp³-hybridized carbons (Fsp3) is 1.00. The van der Waals surface area contributed by atoms with Crippen molar-refractivity contribution in [2.45, 2.75) is 103 Å². The SMILES string of the molecule is CCCO[Si](OCC(C)CC)(C1CCCC1)C1CCCC(C)C1. The van der Waals surface area contributed by atoms with E-state index in [1.165, 1.54) is 57.8 Å². The van der Waals surface area contributed by atoms with Crippen molar-refractivity contribution in [3.05, 3.63) is 0 Å². The van der Waals surface area contributed by atoms with E-state index in [9.17, 15) is 0 Å². The molecule has 2 nitrogen and oxygen atoms in total. The molecule has 0 heterocycles. The molecule has 0 amide bonds. The van der Waals surface area contributed by atoms with Crippen molar-refractivity contribution in [1.29, 1.82) is 0 Å². The molecule has 4 unspecified atom stereocenters. The van der Waals surface area contributed by atoms with Crippen LogP contribution in [-0.2, 0) is 8.85 Å². The van der Waals surface area contributed by atoms with Crippen LogP contribution in [0.5, 0.6) is 0 Å². The zero-order valence-corrected chi connectivity index (χ0v) is 17.1. The summed E-state index contributed by atoms with van der Waals surface area (Å²) in [5.41, 5.74) is 1.50. The molecule has 0 aromatic heterocycles. The zero-order chi connectivity index (χ0) is 16.7. The third-order valence-electron chi connectivity index (χ3n) is 6.25. The molecule has 0 bridgehead atoms. The number of hydrogen-bond acceptors (Lipinski definition) is 2. The summed E-state index contributed by atoms with van der Waals surface area (Å²) in [6.45, 7) is 11.1. The maximum atomic E-state index is 6.87. The summed E-state index contributed by atoms with van der Waals surface area (Å²) in [6, 6.07) is 0. The highest BCUT2D eigenvalue weighted by atomic mass is 28.4. The first-order valence-corrected chi connectivity index (χ1v) is 12.4. The summed E-state index contributed by atoms with van der Waals surface area (Å²) in [5.74, 6) is 1.52. The van der Waals surface area contributed by atoms with Gasteiger partial charge in [0.05, 0.1) is 0 Å². The molecule has 0 aromatic carbocycles. The fourth-order valence-electron chi connectivity index (χ4n) is 4.63. The molecule has 4 atom stereocenters. The van der Waals surface area contributed by atoms with Crippen LogP contribution in [0.3, 0.4) is 0 Å². The van der Waals surface area contributed by atoms with E-state index < -0.39 is 8.56 Å². The quantitative estimate of drug-likeness (QED) is 0.449. The van der Waals surface area contributed by atoms with Gasteiger partial charge in [0, 0.05) is 24.3 Å². The van der Waals surface area contributed by atoms with Crippen LogP contribution in [0.4, 0.5) is 0 Å². The van der Waals surface area contributed by atoms with Gasteiger partial charge in [-0.3, -0.25) is 0 Å². The van der Waals surface area contributed by atoms with Crippen LogP contribution in [0.25, 0.3) is 0 Å². The monoisotopic (exact) mass is 340 g/mol. The van der Waals surface area contributed by atoms with Gasteiger partial charge >= 0.3 is 8.56 Å². The summed E-state index contributed by atoms with van der Waals surface area (Å²) in [6.07, 6.45) is 13.3. The molecule has 0 aliphatic heterocycles. The van der Waals surface area contributed by atoms with Gasteiger partial charge in [-0.05, 0) is 43.9 Å². The fourth-order valence-corrected chi connectivity index (χ4v) is 9.94. The summed E-state index contributed by atoms with van der Waals surface area (Å²) in [7, 11) is -2.10. The lowest BCUT2D eigenvalue weighted by Crippen LogP contribution is -2.52. The zero-order valence-electron chi connectivity index (χ0n) is 16.1. The standard InChI is InChI=1S/C20H40O2Si/c1-5-14-21-23(19-11-7-8-12-19,22-16-17(3)6-2)20-13-9-10-18(4)15-20/h17-20H,5-16H2,1-4H3. The highest BCUT2D eigenvalue weighted by molar-refractivity contribution is 6.70. The van der Waals surface area contributed by atoms with E-state index in [1.807, 2.05) is 0 Å². The number of rotatable bonds is 9. The van der Waals surface area contributed by atoms with E-state index >= 15 is 0 Å². The minimum Gasteiger partial charge on any atom is -0.394 e. The number of hydrogen-bond donors (Lipinski definition) is 0. The Morgan fingerprint density at radius 1 is 0.957 bits per heavy atom. The Bertz CT molecular complexity index is 330. The van der Waals surface area contributed by atoms with Crippen molar-refractivity contribution >= 4 is 8.56 Å². The van der Waals surface area contributed by atoms with Crippen molar-refractivity contribution in [1.82, 2.24) is 0 Å². The second-order valence-corrected chi connectivity index (χ2v) is 12.0. The molecular formula is C20H40O2Si. The van der Waals surface area contributed by atoms with Crippen LogP contribution >= 0.6 is 0 Å². The van der Waals surface area contributed by atoms with Gasteiger partial charge in [0.2, 0.25) is 0 Å². The lowest BCUT2D eigenvalue weighted by Gasteiger charge is -2.44. The van der Waals surface area contributed by atoms with Crippen LogP contribution in [0.2, 0.25) is 11.1 Å². The highest BCUT2D eigenvalue weighted by Crippen LogP contribution is 2.51. The first-order chi connectivity index (χ1) is 11.1. The Morgan fingerprint density at radius 3 is 2.26 bits per heavy atom. The molecule has 2 aliphatic carbocycles. The van der Waals surface area contributed by atoms with Gasteiger partial charge in [-0.25, -0.2) is 0 Å². The van der Waals surface area contributed by atoms with Gasteiger partial charge < -0.3 is 8.85 Å². The van der Waals surface area contributed by atoms with Gasteiger partial charge in [-0.2, -0.15) is 0 Å². The topological polar surface area (TPSA) is 18.5 Å². The van der Waals surface area contributed by atoms with Crippen molar-refractivity contribution < 1.29 is 8.85 Å². The lowest BCUT2D eigenvalue weighted by atomic mass is 9.90. The van der Waals surface area contributed by atoms with E-state index in [0.29, 0.717) is 5.92 Å². The Kier molecular flexibility index (Phi) is 8.10. The molecule has 2 rings (SSSR count). The first-order valence-electron chi connectivity index (χ1n) is 10.4. The second kappa shape index (κ2) is 9.58. The van der Waals surface area contributed by atoms with Gasteiger partial charge in [-0.15, -0.1) is 0 Å². The van der Waals surface area contributed by atoms with Gasteiger partial charge in [0.25, 0.3) is 0 Å². The van der Waals surface area contributed by atoms with Crippen molar-refractivity contribution in [2.24, 2.45) is 11.8 Å². The van der Waals surface area contributed by atoms with Crippen LogP contribution in [-0.4, -0.2) is 21.8 Å². The molecule has 23 heavy (non-hydrogen) atoms. The lowest BCUT2D eigenvalue weighted by molar-refractivity contribution is 0.119. The minimum atomic E-state index is -2.10. The molecule has 0 aromatic rings. The maximum Gasteiger partial charge on any atom is 0.344 e. The maximum absolute atomic E-state index is 6.87. The highest BCUT2D eigenvalue weighted by Gasteiger charge is 2.53. The summed E-state index contributed by atoms with van der Waals surface area (Å²) in [5, 5.41) is 0. The Morgan fingerprint density at radius 2 is 1.65 bits per heavy atom. The molecular weight excluding hydrogens is 300 g/mol. The van der Waals surface area contributed by atoms with Crippen LogP contribution in [0, 0.1) is 11.8 Å². The molecule has 0 spiro atoms. The van der Waals surface area contributed by atoms with E-state index in [-0.39, 0.29) is 0 Å². The first kappa shape index (κ1) is 19.5. The van der Waals surface area contributed by atoms with Crippen molar-refractivity contribution in [2.75, 3.05) is 13.2 Å². The van der Waals surface area contributed by atoms with E-state index in [2.05, 4.69) is 27.7 Å². The predicted molar refractivity (Wildman–Crippen MR) is 101 cm³/mol. The minimum absolute atomic E-state index is 0.662. The molecule has 3 heteroatoms. The summed E-state index contributed by atoms with van der Waals surface area (Å²) < 4.78 is 13.6. The van der Waals surface area contributed by atoms with Gasteiger partial charge in [0.15, 0.2) is 0 Å². The molecule has 2 aliphatic rings. The molecule has 0 radical (unpaired) electrons. The molecule has 0 saturated heterocycles. The van der Waals surface area contributed by atoms with Crippen LogP contribution < -0.4 is 0 Å². The second-order valence-electron chi connectivity index (χ2n) is 8.34.